The molecule has 0 spiro atoms. The highest BCUT2D eigenvalue weighted by Crippen LogP contribution is 2.26. The molecule has 0 aliphatic heterocycles. The first kappa shape index (κ1) is 13.4. The summed E-state index contributed by atoms with van der Waals surface area (Å²) in [6, 6.07) is 0. The van der Waals surface area contributed by atoms with Gasteiger partial charge in [0, 0.05) is 12.1 Å². The zero-order valence-corrected chi connectivity index (χ0v) is 10.0. The minimum Gasteiger partial charge on any atom is -0.467 e. The Morgan fingerprint density at radius 2 is 1.79 bits per heavy atom. The van der Waals surface area contributed by atoms with Crippen LogP contribution in [0, 0.1) is 5.41 Å². The first-order chi connectivity index (χ1) is 6.27. The van der Waals surface area contributed by atoms with Crippen LogP contribution in [0.2, 0.25) is 0 Å². The number of nitrogens with one attached hydrogen (secondary N) is 1. The van der Waals surface area contributed by atoms with Crippen LogP contribution in [-0.2, 0) is 9.53 Å². The molecular weight excluding hydrogens is 178 g/mol. The van der Waals surface area contributed by atoms with E-state index in [2.05, 4.69) is 44.7 Å². The summed E-state index contributed by atoms with van der Waals surface area (Å²) in [5, 5.41) is 3.37. The molecule has 0 aliphatic rings. The lowest BCUT2D eigenvalue weighted by molar-refractivity contribution is -0.128. The van der Waals surface area contributed by atoms with Gasteiger partial charge in [0.1, 0.15) is 6.61 Å². The minimum absolute atomic E-state index is 0.0878. The van der Waals surface area contributed by atoms with Crippen molar-refractivity contribution in [3.8, 4) is 0 Å². The lowest BCUT2D eigenvalue weighted by Crippen LogP contribution is -2.43. The van der Waals surface area contributed by atoms with Crippen LogP contribution in [0.5, 0.6) is 0 Å². The summed E-state index contributed by atoms with van der Waals surface area (Å²) >= 11 is 0. The zero-order chi connectivity index (χ0) is 11.2. The Morgan fingerprint density at radius 1 is 1.21 bits per heavy atom. The second-order valence-corrected chi connectivity index (χ2v) is 5.52. The largest absolute Gasteiger partial charge is 0.467 e. The average molecular weight is 201 g/mol. The molecule has 3 nitrogen and oxygen atoms in total. The summed E-state index contributed by atoms with van der Waals surface area (Å²) in [6.45, 7) is 12.6. The molecule has 0 aromatic heterocycles. The quantitative estimate of drug-likeness (QED) is 0.527. The van der Waals surface area contributed by atoms with E-state index in [1.54, 1.807) is 0 Å². The average Bonchev–Trinajstić information content (AvgIpc) is 1.93. The van der Waals surface area contributed by atoms with Gasteiger partial charge in [0.25, 0.3) is 6.47 Å². The smallest absolute Gasteiger partial charge is 0.293 e. The summed E-state index contributed by atoms with van der Waals surface area (Å²) in [4.78, 5) is 9.91. The van der Waals surface area contributed by atoms with E-state index in [0.29, 0.717) is 25.0 Å². The molecule has 84 valence electrons. The second kappa shape index (κ2) is 5.35. The van der Waals surface area contributed by atoms with E-state index in [1.165, 1.54) is 0 Å². The van der Waals surface area contributed by atoms with Crippen molar-refractivity contribution in [2.24, 2.45) is 5.41 Å². The second-order valence-electron chi connectivity index (χ2n) is 5.52. The number of hydrogen-bond donors (Lipinski definition) is 1. The molecule has 0 amide bonds. The van der Waals surface area contributed by atoms with Crippen molar-refractivity contribution in [1.82, 2.24) is 5.32 Å². The highest BCUT2D eigenvalue weighted by Gasteiger charge is 2.24. The third-order valence-electron chi connectivity index (χ3n) is 1.86. The topological polar surface area (TPSA) is 38.3 Å². The van der Waals surface area contributed by atoms with Gasteiger partial charge in [-0.3, -0.25) is 4.79 Å². The molecule has 14 heavy (non-hydrogen) atoms. The fourth-order valence-electron chi connectivity index (χ4n) is 1.88. The van der Waals surface area contributed by atoms with Gasteiger partial charge < -0.3 is 10.1 Å². The number of carbonyl (C=O) groups excluding carboxylic acids is 1. The molecule has 0 aliphatic carbocycles. The van der Waals surface area contributed by atoms with Gasteiger partial charge in [-0.25, -0.2) is 0 Å². The predicted molar refractivity (Wildman–Crippen MR) is 58.2 cm³/mol. The molecule has 1 N–H and O–H groups in total. The Labute approximate surface area is 87.2 Å². The summed E-state index contributed by atoms with van der Waals surface area (Å²) in [5.74, 6) is 0. The maximum absolute atomic E-state index is 9.91. The van der Waals surface area contributed by atoms with Gasteiger partial charge >= 0.3 is 0 Å². The zero-order valence-electron chi connectivity index (χ0n) is 10.0. The van der Waals surface area contributed by atoms with Gasteiger partial charge in [-0.2, -0.15) is 0 Å². The van der Waals surface area contributed by atoms with E-state index in [1.807, 2.05) is 0 Å². The van der Waals surface area contributed by atoms with Crippen LogP contribution in [0.1, 0.15) is 41.0 Å². The maximum Gasteiger partial charge on any atom is 0.293 e. The molecule has 0 heterocycles. The van der Waals surface area contributed by atoms with E-state index >= 15 is 0 Å². The first-order valence-electron chi connectivity index (χ1n) is 5.07. The minimum atomic E-state index is 0.0878. The van der Waals surface area contributed by atoms with Crippen molar-refractivity contribution in [1.29, 1.82) is 0 Å². The van der Waals surface area contributed by atoms with Crippen LogP contribution in [-0.4, -0.2) is 25.2 Å². The summed E-state index contributed by atoms with van der Waals surface area (Å²) in [6.07, 6.45) is 1.08. The third-order valence-corrected chi connectivity index (χ3v) is 1.86. The van der Waals surface area contributed by atoms with Crippen LogP contribution < -0.4 is 5.32 Å². The molecule has 3 heteroatoms. The van der Waals surface area contributed by atoms with Gasteiger partial charge in [0.2, 0.25) is 0 Å². The standard InChI is InChI=1S/C11H23NO2/c1-10(2,3)8-11(4,5)12-6-7-14-9-13/h9,12H,6-8H2,1-5H3. The molecule has 0 aromatic rings. The van der Waals surface area contributed by atoms with Crippen LogP contribution in [0.4, 0.5) is 0 Å². The fraction of sp³-hybridized carbons (Fsp3) is 0.909. The van der Waals surface area contributed by atoms with Gasteiger partial charge in [0.15, 0.2) is 0 Å². The van der Waals surface area contributed by atoms with E-state index in [9.17, 15) is 4.79 Å². The molecule has 0 aromatic carbocycles. The number of ether oxygens (including phenoxy) is 1. The van der Waals surface area contributed by atoms with Crippen molar-refractivity contribution >= 4 is 6.47 Å². The van der Waals surface area contributed by atoms with Gasteiger partial charge in [-0.1, -0.05) is 20.8 Å². The van der Waals surface area contributed by atoms with Crippen LogP contribution in [0.25, 0.3) is 0 Å². The first-order valence-corrected chi connectivity index (χ1v) is 5.07. The van der Waals surface area contributed by atoms with Crippen molar-refractivity contribution < 1.29 is 9.53 Å². The normalized spacial score (nSPS) is 12.6. The molecule has 0 rings (SSSR count). The molecule has 0 saturated heterocycles. The Balaban J connectivity index is 3.77. The summed E-state index contributed by atoms with van der Waals surface area (Å²) in [7, 11) is 0. The Morgan fingerprint density at radius 3 is 2.21 bits per heavy atom. The fourth-order valence-corrected chi connectivity index (χ4v) is 1.88. The summed E-state index contributed by atoms with van der Waals surface area (Å²) < 4.78 is 4.62. The highest BCUT2D eigenvalue weighted by atomic mass is 16.5. The lowest BCUT2D eigenvalue weighted by atomic mass is 9.82. The van der Waals surface area contributed by atoms with Crippen molar-refractivity contribution in [3.63, 3.8) is 0 Å². The molecule has 0 bridgehead atoms. The highest BCUT2D eigenvalue weighted by molar-refractivity contribution is 5.36. The molecule has 0 atom stereocenters. The summed E-state index contributed by atoms with van der Waals surface area (Å²) in [5.41, 5.74) is 0.395. The van der Waals surface area contributed by atoms with Crippen LogP contribution in [0.3, 0.4) is 0 Å². The Hall–Kier alpha value is -0.570. The SMILES string of the molecule is CC(C)(C)CC(C)(C)NCCOC=O. The number of rotatable bonds is 6. The van der Waals surface area contributed by atoms with Crippen LogP contribution in [0.15, 0.2) is 0 Å². The maximum atomic E-state index is 9.91. The van der Waals surface area contributed by atoms with Crippen LogP contribution >= 0.6 is 0 Å². The molecule has 0 saturated carbocycles. The van der Waals surface area contributed by atoms with Crippen molar-refractivity contribution in [3.05, 3.63) is 0 Å². The third kappa shape index (κ3) is 8.05. The Bertz CT molecular complexity index is 171. The van der Waals surface area contributed by atoms with Crippen molar-refractivity contribution in [2.45, 2.75) is 46.6 Å². The number of carbonyl (C=O) groups is 1. The van der Waals surface area contributed by atoms with Crippen molar-refractivity contribution in [2.75, 3.05) is 13.2 Å². The monoisotopic (exact) mass is 201 g/mol. The van der Waals surface area contributed by atoms with Gasteiger partial charge in [-0.15, -0.1) is 0 Å². The van der Waals surface area contributed by atoms with E-state index in [0.717, 1.165) is 6.42 Å². The van der Waals surface area contributed by atoms with Gasteiger partial charge in [0.05, 0.1) is 0 Å². The molecule has 0 fully saturated rings. The predicted octanol–water partition coefficient (Wildman–Crippen LogP) is 1.96. The van der Waals surface area contributed by atoms with E-state index in [4.69, 9.17) is 0 Å². The Kier molecular flexibility index (Phi) is 5.13. The molecule has 0 radical (unpaired) electrons. The van der Waals surface area contributed by atoms with Gasteiger partial charge in [-0.05, 0) is 25.7 Å². The molecule has 0 unspecified atom stereocenters. The molecular formula is C11H23NO2. The van der Waals surface area contributed by atoms with E-state index < -0.39 is 0 Å². The lowest BCUT2D eigenvalue weighted by Gasteiger charge is -2.33. The number of hydrogen-bond acceptors (Lipinski definition) is 3. The van der Waals surface area contributed by atoms with E-state index in [-0.39, 0.29) is 5.54 Å².